The van der Waals surface area contributed by atoms with E-state index in [2.05, 4.69) is 0 Å². The predicted molar refractivity (Wildman–Crippen MR) is 96.0 cm³/mol. The van der Waals surface area contributed by atoms with Gasteiger partial charge in [-0.25, -0.2) is 4.39 Å². The molecule has 0 saturated carbocycles. The van der Waals surface area contributed by atoms with Gasteiger partial charge in [-0.05, 0) is 29.8 Å². The third-order valence-electron chi connectivity index (χ3n) is 3.74. The zero-order chi connectivity index (χ0) is 17.5. The molecule has 0 fully saturated rings. The number of anilines is 1. The number of carbonyl (C=O) groups is 1. The lowest BCUT2D eigenvalue weighted by molar-refractivity contribution is -0.120. The molecule has 0 radical (unpaired) electrons. The van der Waals surface area contributed by atoms with Crippen molar-refractivity contribution >= 4 is 11.6 Å². The Hall–Kier alpha value is -3.14. The second-order valence-electron chi connectivity index (χ2n) is 5.52. The van der Waals surface area contributed by atoms with Crippen LogP contribution in [0.15, 0.2) is 84.9 Å². The van der Waals surface area contributed by atoms with Crippen molar-refractivity contribution in [3.05, 3.63) is 96.3 Å². The SMILES string of the molecule is O=C(COc1ccccc1F)N(Cc1ccccc1)c1ccccc1. The van der Waals surface area contributed by atoms with Crippen LogP contribution in [0.3, 0.4) is 0 Å². The first-order valence-corrected chi connectivity index (χ1v) is 8.01. The van der Waals surface area contributed by atoms with Crippen molar-refractivity contribution in [3.63, 3.8) is 0 Å². The van der Waals surface area contributed by atoms with Crippen molar-refractivity contribution in [2.75, 3.05) is 11.5 Å². The van der Waals surface area contributed by atoms with E-state index in [-0.39, 0.29) is 18.3 Å². The normalized spacial score (nSPS) is 10.3. The van der Waals surface area contributed by atoms with Crippen molar-refractivity contribution in [1.82, 2.24) is 0 Å². The Labute approximate surface area is 146 Å². The number of ether oxygens (including phenoxy) is 1. The first-order chi connectivity index (χ1) is 12.2. The quantitative estimate of drug-likeness (QED) is 0.666. The second-order valence-corrected chi connectivity index (χ2v) is 5.52. The van der Waals surface area contributed by atoms with E-state index in [4.69, 9.17) is 4.74 Å². The fourth-order valence-electron chi connectivity index (χ4n) is 2.48. The summed E-state index contributed by atoms with van der Waals surface area (Å²) in [5.41, 5.74) is 1.78. The summed E-state index contributed by atoms with van der Waals surface area (Å²) in [4.78, 5) is 14.3. The molecule has 0 bridgehead atoms. The van der Waals surface area contributed by atoms with E-state index in [1.54, 1.807) is 17.0 Å². The van der Waals surface area contributed by atoms with Gasteiger partial charge in [-0.2, -0.15) is 0 Å². The lowest BCUT2D eigenvalue weighted by atomic mass is 10.2. The van der Waals surface area contributed by atoms with Gasteiger partial charge in [0.25, 0.3) is 5.91 Å². The lowest BCUT2D eigenvalue weighted by Crippen LogP contribution is -2.34. The topological polar surface area (TPSA) is 29.5 Å². The van der Waals surface area contributed by atoms with Gasteiger partial charge < -0.3 is 9.64 Å². The van der Waals surface area contributed by atoms with Crippen LogP contribution in [-0.2, 0) is 11.3 Å². The molecule has 4 heteroatoms. The minimum absolute atomic E-state index is 0.0728. The zero-order valence-corrected chi connectivity index (χ0v) is 13.6. The van der Waals surface area contributed by atoms with Gasteiger partial charge in [0.05, 0.1) is 6.54 Å². The van der Waals surface area contributed by atoms with Crippen LogP contribution in [-0.4, -0.2) is 12.5 Å². The molecule has 126 valence electrons. The fraction of sp³-hybridized carbons (Fsp3) is 0.0952. The summed E-state index contributed by atoms with van der Waals surface area (Å²) >= 11 is 0. The van der Waals surface area contributed by atoms with Crippen LogP contribution < -0.4 is 9.64 Å². The Morgan fingerprint density at radius 3 is 2.12 bits per heavy atom. The Kier molecular flexibility index (Phi) is 5.42. The molecule has 0 N–H and O–H groups in total. The minimum atomic E-state index is -0.482. The number of halogens is 1. The standard InChI is InChI=1S/C21H18FNO2/c22-19-13-7-8-14-20(19)25-16-21(24)23(18-11-5-2-6-12-18)15-17-9-3-1-4-10-17/h1-14H,15-16H2. The molecule has 25 heavy (non-hydrogen) atoms. The number of amides is 1. The van der Waals surface area contributed by atoms with Gasteiger partial charge in [-0.15, -0.1) is 0 Å². The average Bonchev–Trinajstić information content (AvgIpc) is 2.67. The van der Waals surface area contributed by atoms with Gasteiger partial charge in [-0.1, -0.05) is 60.7 Å². The third-order valence-corrected chi connectivity index (χ3v) is 3.74. The first-order valence-electron chi connectivity index (χ1n) is 8.01. The van der Waals surface area contributed by atoms with Gasteiger partial charge in [0.1, 0.15) is 0 Å². The van der Waals surface area contributed by atoms with Crippen LogP contribution in [0.4, 0.5) is 10.1 Å². The van der Waals surface area contributed by atoms with Gasteiger partial charge in [-0.3, -0.25) is 4.79 Å². The highest BCUT2D eigenvalue weighted by Gasteiger charge is 2.17. The maximum Gasteiger partial charge on any atom is 0.265 e. The van der Waals surface area contributed by atoms with Crippen LogP contribution in [0.5, 0.6) is 5.75 Å². The molecule has 0 saturated heterocycles. The van der Waals surface area contributed by atoms with Crippen molar-refractivity contribution in [2.24, 2.45) is 0 Å². The lowest BCUT2D eigenvalue weighted by Gasteiger charge is -2.23. The summed E-state index contributed by atoms with van der Waals surface area (Å²) in [5, 5.41) is 0. The zero-order valence-electron chi connectivity index (χ0n) is 13.6. The number of benzene rings is 3. The van der Waals surface area contributed by atoms with Crippen molar-refractivity contribution in [2.45, 2.75) is 6.54 Å². The molecule has 0 aliphatic heterocycles. The largest absolute Gasteiger partial charge is 0.481 e. The Bertz CT molecular complexity index is 822. The molecule has 0 heterocycles. The summed E-state index contributed by atoms with van der Waals surface area (Å²) in [6.45, 7) is 0.187. The third kappa shape index (κ3) is 4.44. The Morgan fingerprint density at radius 1 is 0.840 bits per heavy atom. The molecule has 3 aromatic carbocycles. The smallest absolute Gasteiger partial charge is 0.265 e. The number of hydrogen-bond donors (Lipinski definition) is 0. The van der Waals surface area contributed by atoms with E-state index in [9.17, 15) is 9.18 Å². The van der Waals surface area contributed by atoms with E-state index >= 15 is 0 Å². The Morgan fingerprint density at radius 2 is 1.44 bits per heavy atom. The highest BCUT2D eigenvalue weighted by atomic mass is 19.1. The van der Waals surface area contributed by atoms with Gasteiger partial charge in [0.15, 0.2) is 18.2 Å². The van der Waals surface area contributed by atoms with Gasteiger partial charge in [0.2, 0.25) is 0 Å². The molecule has 0 atom stereocenters. The van der Waals surface area contributed by atoms with Crippen LogP contribution in [0.25, 0.3) is 0 Å². The minimum Gasteiger partial charge on any atom is -0.481 e. The molecular formula is C21H18FNO2. The van der Waals surface area contributed by atoms with Crippen molar-refractivity contribution < 1.29 is 13.9 Å². The summed E-state index contributed by atoms with van der Waals surface area (Å²) < 4.78 is 19.0. The van der Waals surface area contributed by atoms with Gasteiger partial charge in [0, 0.05) is 5.69 Å². The highest BCUT2D eigenvalue weighted by molar-refractivity contribution is 5.94. The predicted octanol–water partition coefficient (Wildman–Crippen LogP) is 4.44. The number of rotatable bonds is 6. The van der Waals surface area contributed by atoms with E-state index < -0.39 is 5.82 Å². The molecule has 0 unspecified atom stereocenters. The summed E-state index contributed by atoms with van der Waals surface area (Å²) in [7, 11) is 0. The maximum atomic E-state index is 13.7. The van der Waals surface area contributed by atoms with Crippen molar-refractivity contribution in [1.29, 1.82) is 0 Å². The first kappa shape index (κ1) is 16.7. The summed E-state index contributed by atoms with van der Waals surface area (Å²) in [6, 6.07) is 25.1. The van der Waals surface area contributed by atoms with E-state index in [1.807, 2.05) is 60.7 Å². The number of nitrogens with zero attached hydrogens (tertiary/aromatic N) is 1. The highest BCUT2D eigenvalue weighted by Crippen LogP contribution is 2.19. The van der Waals surface area contributed by atoms with Crippen molar-refractivity contribution in [3.8, 4) is 5.75 Å². The number of carbonyl (C=O) groups excluding carboxylic acids is 1. The molecule has 1 amide bonds. The molecule has 0 aliphatic carbocycles. The monoisotopic (exact) mass is 335 g/mol. The number of para-hydroxylation sites is 2. The average molecular weight is 335 g/mol. The molecule has 3 nitrogen and oxygen atoms in total. The van der Waals surface area contributed by atoms with Crippen LogP contribution in [0, 0.1) is 5.82 Å². The van der Waals surface area contributed by atoms with Gasteiger partial charge >= 0.3 is 0 Å². The molecule has 3 aromatic rings. The molecule has 0 spiro atoms. The molecular weight excluding hydrogens is 317 g/mol. The van der Waals surface area contributed by atoms with E-state index in [1.165, 1.54) is 12.1 Å². The molecule has 3 rings (SSSR count). The van der Waals surface area contributed by atoms with E-state index in [0.717, 1.165) is 11.3 Å². The molecule has 0 aliphatic rings. The maximum absolute atomic E-state index is 13.7. The Balaban J connectivity index is 1.76. The van der Waals surface area contributed by atoms with Crippen LogP contribution >= 0.6 is 0 Å². The summed E-state index contributed by atoms with van der Waals surface area (Å²) in [6.07, 6.45) is 0. The van der Waals surface area contributed by atoms with E-state index in [0.29, 0.717) is 6.54 Å². The number of hydrogen-bond acceptors (Lipinski definition) is 2. The van der Waals surface area contributed by atoms with Crippen LogP contribution in [0.1, 0.15) is 5.56 Å². The summed E-state index contributed by atoms with van der Waals surface area (Å²) in [5.74, 6) is -0.647. The second kappa shape index (κ2) is 8.11. The molecule has 0 aromatic heterocycles. The van der Waals surface area contributed by atoms with Crippen LogP contribution in [0.2, 0.25) is 0 Å². The fourth-order valence-corrected chi connectivity index (χ4v) is 2.48.